The normalized spacial score (nSPS) is 15.0. The Morgan fingerprint density at radius 1 is 0.727 bits per heavy atom. The Morgan fingerprint density at radius 2 is 1.30 bits per heavy atom. The summed E-state index contributed by atoms with van der Waals surface area (Å²) >= 11 is 0. The van der Waals surface area contributed by atoms with E-state index >= 15 is 0 Å². The fraction of sp³-hybridized carbons (Fsp3) is 0.844. The van der Waals surface area contributed by atoms with Crippen molar-refractivity contribution >= 4 is 29.8 Å². The number of amides is 3. The molecule has 256 valence electrons. The van der Waals surface area contributed by atoms with Gasteiger partial charge in [-0.05, 0) is 70.3 Å². The molecule has 0 aliphatic carbocycles. The molecule has 0 spiro atoms. The molecule has 12 nitrogen and oxygen atoms in total. The van der Waals surface area contributed by atoms with E-state index in [1.54, 1.807) is 62.3 Å². The molecule has 44 heavy (non-hydrogen) atoms. The number of carbonyl (C=O) groups is 5. The second-order valence-corrected chi connectivity index (χ2v) is 14.7. The SMILES string of the molecule is CC(C)(C)OC(=O)C(CCCCNC(=O)CCCCCCCN)NC(=O)NC(C(=O)O)C(C(C(=O)O)C(C)(C)C)C(C)(C)C. The quantitative estimate of drug-likeness (QED) is 0.0884. The minimum atomic E-state index is -1.55. The van der Waals surface area contributed by atoms with Gasteiger partial charge in [0.2, 0.25) is 5.91 Å². The molecule has 12 heteroatoms. The van der Waals surface area contributed by atoms with E-state index in [1.807, 2.05) is 0 Å². The second-order valence-electron chi connectivity index (χ2n) is 14.7. The third-order valence-corrected chi connectivity index (χ3v) is 7.32. The summed E-state index contributed by atoms with van der Waals surface area (Å²) in [6, 6.07) is -3.55. The number of unbranched alkanes of at least 4 members (excludes halogenated alkanes) is 5. The number of carbonyl (C=O) groups excluding carboxylic acids is 3. The number of esters is 1. The first kappa shape index (κ1) is 41.1. The smallest absolute Gasteiger partial charge is 0.329 e. The van der Waals surface area contributed by atoms with Gasteiger partial charge in [-0.2, -0.15) is 0 Å². The molecular formula is C32H60N4O8. The van der Waals surface area contributed by atoms with Crippen LogP contribution < -0.4 is 21.7 Å². The Kier molecular flexibility index (Phi) is 17.6. The lowest BCUT2D eigenvalue weighted by atomic mass is 9.61. The summed E-state index contributed by atoms with van der Waals surface area (Å²) in [6.07, 6.45) is 6.57. The van der Waals surface area contributed by atoms with Gasteiger partial charge >= 0.3 is 23.9 Å². The number of nitrogens with two attached hydrogens (primary N) is 1. The number of ether oxygens (including phenoxy) is 1. The number of carboxylic acids is 2. The number of nitrogens with one attached hydrogen (secondary N) is 3. The largest absolute Gasteiger partial charge is 0.481 e. The van der Waals surface area contributed by atoms with Crippen LogP contribution in [-0.2, 0) is 23.9 Å². The Balaban J connectivity index is 5.47. The average molecular weight is 629 g/mol. The predicted molar refractivity (Wildman–Crippen MR) is 170 cm³/mol. The zero-order valence-electron chi connectivity index (χ0n) is 28.5. The summed E-state index contributed by atoms with van der Waals surface area (Å²) in [6.45, 7) is 16.5. The highest BCUT2D eigenvalue weighted by Crippen LogP contribution is 2.43. The molecule has 0 aliphatic heterocycles. The van der Waals surface area contributed by atoms with Gasteiger partial charge in [-0.3, -0.25) is 9.59 Å². The van der Waals surface area contributed by atoms with E-state index in [1.165, 1.54) is 0 Å². The maximum absolute atomic E-state index is 13.2. The van der Waals surface area contributed by atoms with Crippen molar-refractivity contribution in [1.29, 1.82) is 0 Å². The topological polar surface area (TPSA) is 197 Å². The summed E-state index contributed by atoms with van der Waals surface area (Å²) < 4.78 is 5.49. The van der Waals surface area contributed by atoms with Gasteiger partial charge in [-0.1, -0.05) is 60.8 Å². The predicted octanol–water partition coefficient (Wildman–Crippen LogP) is 4.44. The van der Waals surface area contributed by atoms with Crippen molar-refractivity contribution in [2.45, 2.75) is 138 Å². The first-order valence-electron chi connectivity index (χ1n) is 15.8. The van der Waals surface area contributed by atoms with Gasteiger partial charge in [-0.15, -0.1) is 0 Å². The number of rotatable bonds is 19. The van der Waals surface area contributed by atoms with Crippen molar-refractivity contribution < 1.29 is 38.9 Å². The Hall–Kier alpha value is -2.89. The van der Waals surface area contributed by atoms with E-state index in [-0.39, 0.29) is 12.3 Å². The van der Waals surface area contributed by atoms with Gasteiger partial charge in [0.15, 0.2) is 0 Å². The molecule has 7 N–H and O–H groups in total. The highest BCUT2D eigenvalue weighted by molar-refractivity contribution is 5.87. The molecule has 0 heterocycles. The van der Waals surface area contributed by atoms with Crippen LogP contribution in [0.4, 0.5) is 4.79 Å². The number of hydrogen-bond donors (Lipinski definition) is 6. The lowest BCUT2D eigenvalue weighted by Gasteiger charge is -2.44. The van der Waals surface area contributed by atoms with Gasteiger partial charge in [0.25, 0.3) is 0 Å². The average Bonchev–Trinajstić information content (AvgIpc) is 2.84. The fourth-order valence-corrected chi connectivity index (χ4v) is 5.27. The van der Waals surface area contributed by atoms with Crippen molar-refractivity contribution in [3.63, 3.8) is 0 Å². The monoisotopic (exact) mass is 628 g/mol. The third-order valence-electron chi connectivity index (χ3n) is 7.32. The van der Waals surface area contributed by atoms with Gasteiger partial charge in [0, 0.05) is 18.9 Å². The Bertz CT molecular complexity index is 934. The summed E-state index contributed by atoms with van der Waals surface area (Å²) in [4.78, 5) is 63.1. The molecule has 0 aromatic carbocycles. The van der Waals surface area contributed by atoms with E-state index in [4.69, 9.17) is 10.5 Å². The van der Waals surface area contributed by atoms with E-state index in [9.17, 15) is 34.2 Å². The van der Waals surface area contributed by atoms with Crippen molar-refractivity contribution in [1.82, 2.24) is 16.0 Å². The standard InChI is InChI=1S/C32H60N4O8/c1-30(2,3)23(24(26(38)39)31(4,5)6)25(27(40)41)36-29(43)35-21(28(42)44-32(7,8)9)17-14-16-20-34-22(37)18-13-11-10-12-15-19-33/h21,23-25H,10-20,33H2,1-9H3,(H,34,37)(H,38,39)(H,40,41)(H2,35,36,43). The van der Waals surface area contributed by atoms with Crippen LogP contribution in [0.2, 0.25) is 0 Å². The van der Waals surface area contributed by atoms with Crippen molar-refractivity contribution in [2.75, 3.05) is 13.1 Å². The van der Waals surface area contributed by atoms with Crippen LogP contribution in [0.3, 0.4) is 0 Å². The Morgan fingerprint density at radius 3 is 1.77 bits per heavy atom. The van der Waals surface area contributed by atoms with E-state index in [0.29, 0.717) is 32.4 Å². The fourth-order valence-electron chi connectivity index (χ4n) is 5.27. The van der Waals surface area contributed by atoms with Crippen LogP contribution in [-0.4, -0.2) is 70.8 Å². The number of hydrogen-bond acceptors (Lipinski definition) is 7. The highest BCUT2D eigenvalue weighted by Gasteiger charge is 2.50. The minimum Gasteiger partial charge on any atom is -0.481 e. The molecule has 4 atom stereocenters. The molecule has 0 bridgehead atoms. The summed E-state index contributed by atoms with van der Waals surface area (Å²) in [5.41, 5.74) is 3.04. The van der Waals surface area contributed by atoms with E-state index in [0.717, 1.165) is 32.1 Å². The van der Waals surface area contributed by atoms with Crippen molar-refractivity contribution in [2.24, 2.45) is 28.4 Å². The highest BCUT2D eigenvalue weighted by atomic mass is 16.6. The summed E-state index contributed by atoms with van der Waals surface area (Å²) in [7, 11) is 0. The van der Waals surface area contributed by atoms with Crippen molar-refractivity contribution in [3.05, 3.63) is 0 Å². The molecule has 0 fully saturated rings. The molecule has 3 amide bonds. The maximum atomic E-state index is 13.2. The molecule has 0 saturated carbocycles. The molecule has 0 rings (SSSR count). The lowest BCUT2D eigenvalue weighted by molar-refractivity contribution is -0.157. The second kappa shape index (κ2) is 18.8. The van der Waals surface area contributed by atoms with Crippen LogP contribution in [0.25, 0.3) is 0 Å². The van der Waals surface area contributed by atoms with Gasteiger partial charge in [0.1, 0.15) is 17.7 Å². The lowest BCUT2D eigenvalue weighted by Crippen LogP contribution is -2.59. The van der Waals surface area contributed by atoms with E-state index in [2.05, 4.69) is 16.0 Å². The maximum Gasteiger partial charge on any atom is 0.329 e. The molecule has 0 radical (unpaired) electrons. The Labute approximate surface area is 264 Å². The molecular weight excluding hydrogens is 568 g/mol. The van der Waals surface area contributed by atoms with Crippen molar-refractivity contribution in [3.8, 4) is 0 Å². The number of urea groups is 1. The van der Waals surface area contributed by atoms with Gasteiger partial charge in [0.05, 0.1) is 5.92 Å². The molecule has 0 aliphatic rings. The molecule has 4 unspecified atom stereocenters. The van der Waals surface area contributed by atoms with Gasteiger partial charge in [-0.25, -0.2) is 14.4 Å². The van der Waals surface area contributed by atoms with Crippen LogP contribution in [0.15, 0.2) is 0 Å². The summed E-state index contributed by atoms with van der Waals surface area (Å²) in [5, 5.41) is 28.1. The molecule has 0 aromatic heterocycles. The zero-order valence-corrected chi connectivity index (χ0v) is 28.5. The third kappa shape index (κ3) is 16.8. The first-order valence-corrected chi connectivity index (χ1v) is 15.8. The minimum absolute atomic E-state index is 0.0342. The number of aliphatic carboxylic acids is 2. The van der Waals surface area contributed by atoms with Crippen LogP contribution >= 0.6 is 0 Å². The number of carboxylic acid groups (broad SMARTS) is 2. The summed E-state index contributed by atoms with van der Waals surface area (Å²) in [5.74, 6) is -5.34. The zero-order chi connectivity index (χ0) is 34.3. The van der Waals surface area contributed by atoms with Gasteiger partial charge < -0.3 is 36.6 Å². The van der Waals surface area contributed by atoms with E-state index < -0.39 is 64.3 Å². The first-order chi connectivity index (χ1) is 20.1. The van der Waals surface area contributed by atoms with Crippen LogP contribution in [0.1, 0.15) is 120 Å². The van der Waals surface area contributed by atoms with Crippen LogP contribution in [0.5, 0.6) is 0 Å². The van der Waals surface area contributed by atoms with Crippen LogP contribution in [0, 0.1) is 22.7 Å². The molecule has 0 saturated heterocycles. The molecule has 0 aromatic rings.